The second-order valence-electron chi connectivity index (χ2n) is 9.14. The number of nitrogens with zero attached hydrogens (tertiary/aromatic N) is 1. The summed E-state index contributed by atoms with van der Waals surface area (Å²) in [5, 5.41) is 10.0. The number of hydrogen-bond acceptors (Lipinski definition) is 4. The minimum Gasteiger partial charge on any atom is -0.497 e. The summed E-state index contributed by atoms with van der Waals surface area (Å²) in [7, 11) is 1.58. The third-order valence-corrected chi connectivity index (χ3v) is 6.36. The molecular formula is C28H28ClNO5. The first-order valence-electron chi connectivity index (χ1n) is 11.4. The smallest absolute Gasteiger partial charge is 0.323 e. The van der Waals surface area contributed by atoms with E-state index in [9.17, 15) is 14.7 Å². The zero-order chi connectivity index (χ0) is 25.0. The predicted octanol–water partition coefficient (Wildman–Crippen LogP) is 4.94. The van der Waals surface area contributed by atoms with E-state index >= 15 is 0 Å². The van der Waals surface area contributed by atoms with E-state index in [-0.39, 0.29) is 31.0 Å². The van der Waals surface area contributed by atoms with Crippen LogP contribution < -0.4 is 9.47 Å². The van der Waals surface area contributed by atoms with Gasteiger partial charge in [0.1, 0.15) is 23.6 Å². The van der Waals surface area contributed by atoms with Crippen molar-refractivity contribution in [3.8, 4) is 11.5 Å². The van der Waals surface area contributed by atoms with Crippen LogP contribution in [0.25, 0.3) is 0 Å². The standard InChI is InChI=1S/C28H28ClNO5/c1-28(15-19-3-8-23(29)9-4-19)16-22-13-21(7-12-25(22)35-28)14-26(31)30(18-27(32)33)17-20-5-10-24(34-2)11-6-20/h3-13H,14-18H2,1-2H3,(H,32,33). The molecule has 0 aliphatic carbocycles. The molecule has 1 amide bonds. The summed E-state index contributed by atoms with van der Waals surface area (Å²) in [5.74, 6) is 0.227. The molecule has 35 heavy (non-hydrogen) atoms. The molecule has 1 aliphatic rings. The van der Waals surface area contributed by atoms with E-state index in [1.165, 1.54) is 4.90 Å². The molecule has 3 aromatic rings. The van der Waals surface area contributed by atoms with E-state index in [1.807, 2.05) is 54.6 Å². The van der Waals surface area contributed by atoms with Gasteiger partial charge in [0.15, 0.2) is 0 Å². The molecule has 6 nitrogen and oxygen atoms in total. The summed E-state index contributed by atoms with van der Waals surface area (Å²) in [6, 6.07) is 20.8. The number of ether oxygens (including phenoxy) is 2. The van der Waals surface area contributed by atoms with E-state index in [1.54, 1.807) is 19.2 Å². The number of aliphatic carboxylic acids is 1. The largest absolute Gasteiger partial charge is 0.497 e. The molecule has 1 heterocycles. The Kier molecular flexibility index (Phi) is 7.31. The molecule has 0 saturated heterocycles. The number of carboxylic acids is 1. The summed E-state index contributed by atoms with van der Waals surface area (Å²) >= 11 is 6.00. The van der Waals surface area contributed by atoms with Gasteiger partial charge in [-0.05, 0) is 59.5 Å². The van der Waals surface area contributed by atoms with E-state index in [2.05, 4.69) is 6.92 Å². The van der Waals surface area contributed by atoms with Crippen LogP contribution >= 0.6 is 11.6 Å². The van der Waals surface area contributed by atoms with Gasteiger partial charge in [-0.15, -0.1) is 0 Å². The SMILES string of the molecule is COc1ccc(CN(CC(=O)O)C(=O)Cc2ccc3c(c2)CC(C)(Cc2ccc(Cl)cc2)O3)cc1. The van der Waals surface area contributed by atoms with Gasteiger partial charge in [0, 0.05) is 24.4 Å². The van der Waals surface area contributed by atoms with Crippen molar-refractivity contribution in [2.24, 2.45) is 0 Å². The van der Waals surface area contributed by atoms with Crippen LogP contribution in [0.1, 0.15) is 29.2 Å². The molecule has 0 bridgehead atoms. The van der Waals surface area contributed by atoms with Crippen molar-refractivity contribution in [3.05, 3.63) is 94.0 Å². The lowest BCUT2D eigenvalue weighted by molar-refractivity contribution is -0.144. The Balaban J connectivity index is 1.44. The average Bonchev–Trinajstić information content (AvgIpc) is 3.15. The number of halogens is 1. The van der Waals surface area contributed by atoms with Gasteiger partial charge >= 0.3 is 5.97 Å². The summed E-state index contributed by atoms with van der Waals surface area (Å²) in [4.78, 5) is 25.8. The number of hydrogen-bond donors (Lipinski definition) is 1. The number of carbonyl (C=O) groups is 2. The molecule has 1 atom stereocenters. The van der Waals surface area contributed by atoms with Gasteiger partial charge in [0.05, 0.1) is 13.5 Å². The van der Waals surface area contributed by atoms with Crippen LogP contribution in [0, 0.1) is 0 Å². The van der Waals surface area contributed by atoms with Crippen molar-refractivity contribution < 1.29 is 24.2 Å². The molecule has 0 fully saturated rings. The third-order valence-electron chi connectivity index (χ3n) is 6.10. The van der Waals surface area contributed by atoms with Crippen molar-refractivity contribution >= 4 is 23.5 Å². The molecule has 3 aromatic carbocycles. The van der Waals surface area contributed by atoms with Crippen LogP contribution in [0.2, 0.25) is 5.02 Å². The van der Waals surface area contributed by atoms with Gasteiger partial charge in [-0.1, -0.05) is 48.0 Å². The van der Waals surface area contributed by atoms with Gasteiger partial charge in [0.25, 0.3) is 0 Å². The van der Waals surface area contributed by atoms with Crippen molar-refractivity contribution in [2.45, 2.75) is 38.3 Å². The maximum atomic E-state index is 13.1. The van der Waals surface area contributed by atoms with Gasteiger partial charge in [-0.25, -0.2) is 0 Å². The number of carboxylic acid groups (broad SMARTS) is 1. The highest BCUT2D eigenvalue weighted by atomic mass is 35.5. The number of rotatable bonds is 9. The van der Waals surface area contributed by atoms with Gasteiger partial charge in [-0.2, -0.15) is 0 Å². The maximum Gasteiger partial charge on any atom is 0.323 e. The summed E-state index contributed by atoms with van der Waals surface area (Å²) in [6.45, 7) is 1.93. The lowest BCUT2D eigenvalue weighted by Crippen LogP contribution is -2.36. The predicted molar refractivity (Wildman–Crippen MR) is 134 cm³/mol. The van der Waals surface area contributed by atoms with Crippen LogP contribution in [0.15, 0.2) is 66.7 Å². The molecular weight excluding hydrogens is 466 g/mol. The molecule has 0 saturated carbocycles. The zero-order valence-corrected chi connectivity index (χ0v) is 20.5. The molecule has 0 spiro atoms. The van der Waals surface area contributed by atoms with Gasteiger partial charge in [0.2, 0.25) is 5.91 Å². The Morgan fingerprint density at radius 3 is 2.34 bits per heavy atom. The molecule has 0 radical (unpaired) electrons. The van der Waals surface area contributed by atoms with Gasteiger partial charge in [-0.3, -0.25) is 9.59 Å². The van der Waals surface area contributed by atoms with E-state index < -0.39 is 5.97 Å². The Labute approximate surface area is 210 Å². The first-order chi connectivity index (χ1) is 16.7. The van der Waals surface area contributed by atoms with Crippen LogP contribution in [0.4, 0.5) is 0 Å². The average molecular weight is 494 g/mol. The maximum absolute atomic E-state index is 13.1. The highest BCUT2D eigenvalue weighted by Gasteiger charge is 2.35. The molecule has 0 aromatic heterocycles. The van der Waals surface area contributed by atoms with Crippen LogP contribution in [-0.2, 0) is 35.4 Å². The minimum atomic E-state index is -1.05. The fourth-order valence-electron chi connectivity index (χ4n) is 4.45. The second-order valence-corrected chi connectivity index (χ2v) is 9.58. The molecule has 7 heteroatoms. The quantitative estimate of drug-likeness (QED) is 0.457. The molecule has 1 unspecified atom stereocenters. The van der Waals surface area contributed by atoms with E-state index in [4.69, 9.17) is 21.1 Å². The minimum absolute atomic E-state index is 0.116. The first-order valence-corrected chi connectivity index (χ1v) is 11.8. The number of benzene rings is 3. The van der Waals surface area contributed by atoms with Crippen molar-refractivity contribution in [2.75, 3.05) is 13.7 Å². The fraction of sp³-hybridized carbons (Fsp3) is 0.286. The Bertz CT molecular complexity index is 1210. The van der Waals surface area contributed by atoms with Crippen molar-refractivity contribution in [1.29, 1.82) is 0 Å². The first kappa shape index (κ1) is 24.6. The van der Waals surface area contributed by atoms with Crippen LogP contribution in [0.5, 0.6) is 11.5 Å². The molecule has 1 N–H and O–H groups in total. The highest BCUT2D eigenvalue weighted by molar-refractivity contribution is 6.30. The van der Waals surface area contributed by atoms with Crippen LogP contribution in [0.3, 0.4) is 0 Å². The van der Waals surface area contributed by atoms with Crippen molar-refractivity contribution in [3.63, 3.8) is 0 Å². The zero-order valence-electron chi connectivity index (χ0n) is 19.8. The van der Waals surface area contributed by atoms with Crippen LogP contribution in [-0.4, -0.2) is 41.1 Å². The number of amides is 1. The van der Waals surface area contributed by atoms with E-state index in [0.29, 0.717) is 10.8 Å². The van der Waals surface area contributed by atoms with Crippen molar-refractivity contribution in [1.82, 2.24) is 4.90 Å². The highest BCUT2D eigenvalue weighted by Crippen LogP contribution is 2.37. The second kappa shape index (κ2) is 10.4. The number of fused-ring (bicyclic) bond motifs is 1. The van der Waals surface area contributed by atoms with Gasteiger partial charge < -0.3 is 19.5 Å². The Hall–Kier alpha value is -3.51. The summed E-state index contributed by atoms with van der Waals surface area (Å²) < 4.78 is 11.4. The lowest BCUT2D eigenvalue weighted by Gasteiger charge is -2.24. The lowest BCUT2D eigenvalue weighted by atomic mass is 9.91. The molecule has 182 valence electrons. The normalized spacial score (nSPS) is 16.3. The molecule has 1 aliphatic heterocycles. The number of carbonyl (C=O) groups excluding carboxylic acids is 1. The number of methoxy groups -OCH3 is 1. The third kappa shape index (κ3) is 6.34. The topological polar surface area (TPSA) is 76.1 Å². The summed E-state index contributed by atoms with van der Waals surface area (Å²) in [6.07, 6.45) is 1.57. The monoisotopic (exact) mass is 493 g/mol. The Morgan fingerprint density at radius 2 is 1.69 bits per heavy atom. The summed E-state index contributed by atoms with van der Waals surface area (Å²) in [5.41, 5.74) is 3.47. The Morgan fingerprint density at radius 1 is 1.03 bits per heavy atom. The fourth-order valence-corrected chi connectivity index (χ4v) is 4.58. The van der Waals surface area contributed by atoms with E-state index in [0.717, 1.165) is 40.8 Å². The molecule has 4 rings (SSSR count).